The molecule has 146 valence electrons. The molecular weight excluding hydrogens is 418 g/mol. The number of rotatable bonds is 5. The average molecular weight is 430 g/mol. The average Bonchev–Trinajstić information content (AvgIpc) is 3.12. The van der Waals surface area contributed by atoms with E-state index in [0.29, 0.717) is 5.52 Å². The van der Waals surface area contributed by atoms with Crippen molar-refractivity contribution in [2.75, 3.05) is 0 Å². The Kier molecular flexibility index (Phi) is 5.77. The lowest BCUT2D eigenvalue weighted by Crippen LogP contribution is -2.18. The molecule has 3 rings (SSSR count). The van der Waals surface area contributed by atoms with Crippen LogP contribution >= 0.6 is 22.9 Å². The summed E-state index contributed by atoms with van der Waals surface area (Å²) in [7, 11) is 0. The quantitative estimate of drug-likeness (QED) is 0.201. The summed E-state index contributed by atoms with van der Waals surface area (Å²) in [5.41, 5.74) is -0.0160. The van der Waals surface area contributed by atoms with Crippen molar-refractivity contribution in [2.45, 2.75) is 13.0 Å². The first kappa shape index (κ1) is 20.3. The van der Waals surface area contributed by atoms with Gasteiger partial charge in [-0.25, -0.2) is 9.78 Å². The van der Waals surface area contributed by atoms with E-state index >= 15 is 0 Å². The van der Waals surface area contributed by atoms with Crippen LogP contribution in [0.3, 0.4) is 0 Å². The van der Waals surface area contributed by atoms with E-state index < -0.39 is 22.8 Å². The lowest BCUT2D eigenvalue weighted by molar-refractivity contribution is -0.384. The molecule has 1 heterocycles. The number of aliphatic hydroxyl groups excluding tert-OH is 1. The molecule has 1 N–H and O–H groups in total. The first-order valence-corrected chi connectivity index (χ1v) is 9.35. The zero-order valence-corrected chi connectivity index (χ0v) is 16.4. The zero-order valence-electron chi connectivity index (χ0n) is 14.8. The smallest absolute Gasteiger partial charge is 0.340 e. The number of aromatic nitrogens is 1. The minimum Gasteiger partial charge on any atom is -0.507 e. The second kappa shape index (κ2) is 8.26. The molecule has 1 atom stereocenters. The molecule has 3 aromatic rings. The third kappa shape index (κ3) is 4.18. The minimum absolute atomic E-state index is 0.0389. The first-order valence-electron chi connectivity index (χ1n) is 8.16. The van der Waals surface area contributed by atoms with Crippen molar-refractivity contribution in [3.05, 3.63) is 73.9 Å². The van der Waals surface area contributed by atoms with Gasteiger partial charge in [0.2, 0.25) is 0 Å². The molecule has 1 unspecified atom stereocenters. The number of benzene rings is 2. The molecule has 10 heteroatoms. The van der Waals surface area contributed by atoms with Crippen LogP contribution in [0.5, 0.6) is 0 Å². The number of hydrogen-bond donors (Lipinski definition) is 1. The Morgan fingerprint density at radius 2 is 2.10 bits per heavy atom. The SMILES string of the molecule is CC(OC(=O)c1cc([N+](=O)[O-])ccc1Cl)/C(O)=C(\C#N)c1nc2ccccc2s1. The van der Waals surface area contributed by atoms with Gasteiger partial charge in [-0.2, -0.15) is 5.26 Å². The Hall–Kier alpha value is -3.48. The third-order valence-corrected chi connectivity index (χ3v) is 5.31. The monoisotopic (exact) mass is 429 g/mol. The van der Waals surface area contributed by atoms with Gasteiger partial charge >= 0.3 is 5.97 Å². The van der Waals surface area contributed by atoms with Crippen LogP contribution in [0.4, 0.5) is 5.69 Å². The Morgan fingerprint density at radius 3 is 2.76 bits per heavy atom. The number of carbonyl (C=O) groups is 1. The zero-order chi connectivity index (χ0) is 21.1. The minimum atomic E-state index is -1.21. The Morgan fingerprint density at radius 1 is 1.38 bits per heavy atom. The molecule has 0 aliphatic carbocycles. The van der Waals surface area contributed by atoms with E-state index in [2.05, 4.69) is 4.98 Å². The molecule has 0 radical (unpaired) electrons. The van der Waals surface area contributed by atoms with Gasteiger partial charge in [-0.15, -0.1) is 11.3 Å². The number of nitro groups is 1. The van der Waals surface area contributed by atoms with Crippen LogP contribution in [-0.4, -0.2) is 27.1 Å². The topological polar surface area (TPSA) is 126 Å². The normalized spacial score (nSPS) is 12.7. The van der Waals surface area contributed by atoms with Gasteiger partial charge in [0.15, 0.2) is 11.9 Å². The molecule has 0 amide bonds. The number of ether oxygens (including phenoxy) is 1. The number of nitro benzene ring substituents is 1. The molecule has 0 aliphatic rings. The summed E-state index contributed by atoms with van der Waals surface area (Å²) in [5, 5.41) is 31.1. The maximum atomic E-state index is 12.4. The predicted octanol–water partition coefficient (Wildman–Crippen LogP) is 4.90. The molecular formula is C19H12ClN3O5S. The van der Waals surface area contributed by atoms with Gasteiger partial charge in [0, 0.05) is 12.1 Å². The Bertz CT molecular complexity index is 1170. The fourth-order valence-corrected chi connectivity index (χ4v) is 3.62. The van der Waals surface area contributed by atoms with E-state index in [0.717, 1.165) is 16.8 Å². The van der Waals surface area contributed by atoms with Crippen molar-refractivity contribution in [2.24, 2.45) is 0 Å². The summed E-state index contributed by atoms with van der Waals surface area (Å²) >= 11 is 7.14. The van der Waals surface area contributed by atoms with E-state index in [4.69, 9.17) is 16.3 Å². The standard InChI is InChI=1S/C19H12ClN3O5S/c1-10(28-19(25)12-8-11(23(26)27)6-7-14(12)20)17(24)13(9-21)18-22-15-4-2-3-5-16(15)29-18/h2-8,10,24H,1H3/b17-13-. The molecule has 0 aliphatic heterocycles. The van der Waals surface area contributed by atoms with Crippen LogP contribution in [0.1, 0.15) is 22.3 Å². The predicted molar refractivity (Wildman–Crippen MR) is 108 cm³/mol. The van der Waals surface area contributed by atoms with Crippen molar-refractivity contribution in [1.82, 2.24) is 4.98 Å². The number of nitrogens with zero attached hydrogens (tertiary/aromatic N) is 3. The number of esters is 1. The molecule has 0 spiro atoms. The highest BCUT2D eigenvalue weighted by atomic mass is 35.5. The molecule has 0 fully saturated rings. The number of para-hydroxylation sites is 1. The summed E-state index contributed by atoms with van der Waals surface area (Å²) in [4.78, 5) is 26.9. The van der Waals surface area contributed by atoms with Gasteiger partial charge in [-0.3, -0.25) is 10.1 Å². The first-order chi connectivity index (χ1) is 13.8. The highest BCUT2D eigenvalue weighted by Gasteiger charge is 2.24. The van der Waals surface area contributed by atoms with Crippen LogP contribution in [0, 0.1) is 21.4 Å². The van der Waals surface area contributed by atoms with Gasteiger partial charge in [-0.1, -0.05) is 23.7 Å². The number of nitriles is 1. The number of halogens is 1. The van der Waals surface area contributed by atoms with Crippen LogP contribution in [-0.2, 0) is 4.74 Å². The summed E-state index contributed by atoms with van der Waals surface area (Å²) in [6, 6.07) is 12.5. The van der Waals surface area contributed by atoms with E-state index in [9.17, 15) is 25.3 Å². The second-order valence-electron chi connectivity index (χ2n) is 5.83. The molecule has 0 saturated carbocycles. The van der Waals surface area contributed by atoms with Gasteiger partial charge < -0.3 is 9.84 Å². The lowest BCUT2D eigenvalue weighted by atomic mass is 10.1. The summed E-state index contributed by atoms with van der Waals surface area (Å²) < 4.78 is 5.99. The maximum Gasteiger partial charge on any atom is 0.340 e. The van der Waals surface area contributed by atoms with Crippen molar-refractivity contribution in [3.8, 4) is 6.07 Å². The lowest BCUT2D eigenvalue weighted by Gasteiger charge is -2.14. The fourth-order valence-electron chi connectivity index (χ4n) is 2.46. The number of fused-ring (bicyclic) bond motifs is 1. The molecule has 29 heavy (non-hydrogen) atoms. The van der Waals surface area contributed by atoms with Gasteiger partial charge in [0.05, 0.1) is 25.7 Å². The van der Waals surface area contributed by atoms with E-state index in [1.165, 1.54) is 24.3 Å². The van der Waals surface area contributed by atoms with Gasteiger partial charge in [0.25, 0.3) is 5.69 Å². The van der Waals surface area contributed by atoms with Gasteiger partial charge in [0.1, 0.15) is 16.6 Å². The number of hydrogen-bond acceptors (Lipinski definition) is 8. The number of carbonyl (C=O) groups excluding carboxylic acids is 1. The maximum absolute atomic E-state index is 12.4. The van der Waals surface area contributed by atoms with Crippen LogP contribution in [0.15, 0.2) is 48.2 Å². The molecule has 1 aromatic heterocycles. The van der Waals surface area contributed by atoms with E-state index in [1.54, 1.807) is 12.1 Å². The van der Waals surface area contributed by atoms with Crippen molar-refractivity contribution >= 4 is 50.4 Å². The Balaban J connectivity index is 1.89. The summed E-state index contributed by atoms with van der Waals surface area (Å²) in [5.74, 6) is -1.46. The molecule has 2 aromatic carbocycles. The van der Waals surface area contributed by atoms with Crippen molar-refractivity contribution < 1.29 is 19.6 Å². The number of allylic oxidation sites excluding steroid dienone is 1. The Labute approximate surface area is 173 Å². The van der Waals surface area contributed by atoms with Crippen molar-refractivity contribution in [3.63, 3.8) is 0 Å². The van der Waals surface area contributed by atoms with Crippen LogP contribution < -0.4 is 0 Å². The summed E-state index contributed by atoms with van der Waals surface area (Å²) in [6.07, 6.45) is -1.21. The van der Waals surface area contributed by atoms with E-state index in [1.807, 2.05) is 18.2 Å². The highest BCUT2D eigenvalue weighted by molar-refractivity contribution is 7.19. The van der Waals surface area contributed by atoms with Crippen LogP contribution in [0.25, 0.3) is 15.8 Å². The van der Waals surface area contributed by atoms with E-state index in [-0.39, 0.29) is 26.9 Å². The molecule has 0 bridgehead atoms. The largest absolute Gasteiger partial charge is 0.507 e. The van der Waals surface area contributed by atoms with Crippen LogP contribution in [0.2, 0.25) is 5.02 Å². The number of thiazole rings is 1. The molecule has 0 saturated heterocycles. The van der Waals surface area contributed by atoms with Crippen molar-refractivity contribution in [1.29, 1.82) is 5.26 Å². The molecule has 8 nitrogen and oxygen atoms in total. The summed E-state index contributed by atoms with van der Waals surface area (Å²) in [6.45, 7) is 1.36. The third-order valence-electron chi connectivity index (χ3n) is 3.93. The number of aliphatic hydroxyl groups is 1. The highest BCUT2D eigenvalue weighted by Crippen LogP contribution is 2.30. The second-order valence-corrected chi connectivity index (χ2v) is 7.27. The fraction of sp³-hybridized carbons (Fsp3) is 0.105. The van der Waals surface area contributed by atoms with Gasteiger partial charge in [-0.05, 0) is 25.1 Å². The number of non-ortho nitro benzene ring substituents is 1.